The van der Waals surface area contributed by atoms with Gasteiger partial charge in [0.15, 0.2) is 0 Å². The molecule has 0 saturated heterocycles. The number of carbonyl (C=O) groups is 2. The molecule has 0 radical (unpaired) electrons. The lowest BCUT2D eigenvalue weighted by molar-refractivity contribution is -0.384. The summed E-state index contributed by atoms with van der Waals surface area (Å²) >= 11 is 0. The van der Waals surface area contributed by atoms with Crippen molar-refractivity contribution in [2.24, 2.45) is 0 Å². The average molecular weight is 407 g/mol. The molecular weight excluding hydrogens is 390 g/mol. The molecule has 1 aliphatic heterocycles. The molecule has 0 bridgehead atoms. The van der Waals surface area contributed by atoms with Crippen LogP contribution >= 0.6 is 0 Å². The zero-order valence-corrected chi connectivity index (χ0v) is 16.0. The minimum atomic E-state index is -0.684. The van der Waals surface area contributed by atoms with E-state index in [1.54, 1.807) is 24.3 Å². The quantitative estimate of drug-likeness (QED) is 0.336. The second kappa shape index (κ2) is 8.55. The van der Waals surface area contributed by atoms with E-state index in [1.165, 1.54) is 25.1 Å². The van der Waals surface area contributed by atoms with Gasteiger partial charge in [0.25, 0.3) is 17.5 Å². The smallest absolute Gasteiger partial charge is 0.271 e. The minimum Gasteiger partial charge on any atom is -0.457 e. The van der Waals surface area contributed by atoms with Crippen molar-refractivity contribution in [1.82, 2.24) is 4.90 Å². The molecule has 2 amide bonds. The second-order valence-corrected chi connectivity index (χ2v) is 6.51. The molecule has 0 spiro atoms. The van der Waals surface area contributed by atoms with E-state index in [9.17, 15) is 25.0 Å². The molecule has 1 N–H and O–H groups in total. The fourth-order valence-corrected chi connectivity index (χ4v) is 3.04. The molecule has 1 aromatic heterocycles. The van der Waals surface area contributed by atoms with Crippen LogP contribution in [0.4, 0.5) is 5.69 Å². The van der Waals surface area contributed by atoms with Gasteiger partial charge >= 0.3 is 0 Å². The fraction of sp³-hybridized carbons (Fsp3) is 0.190. The minimum absolute atomic E-state index is 0.00380. The summed E-state index contributed by atoms with van der Waals surface area (Å²) in [4.78, 5) is 36.4. The Morgan fingerprint density at radius 3 is 2.50 bits per heavy atom. The van der Waals surface area contributed by atoms with Crippen molar-refractivity contribution in [3.63, 3.8) is 0 Å². The predicted octanol–water partition coefficient (Wildman–Crippen LogP) is 2.83. The number of furan rings is 1. The largest absolute Gasteiger partial charge is 0.457 e. The van der Waals surface area contributed by atoms with Crippen LogP contribution in [-0.2, 0) is 9.59 Å². The van der Waals surface area contributed by atoms with Gasteiger partial charge in [-0.25, -0.2) is 0 Å². The molecule has 9 nitrogen and oxygen atoms in total. The highest BCUT2D eigenvalue weighted by atomic mass is 16.6. The molecule has 0 aliphatic carbocycles. The van der Waals surface area contributed by atoms with Gasteiger partial charge in [0.05, 0.1) is 4.92 Å². The van der Waals surface area contributed by atoms with Gasteiger partial charge in [0.1, 0.15) is 23.2 Å². The van der Waals surface area contributed by atoms with Crippen LogP contribution in [0.2, 0.25) is 0 Å². The molecule has 0 unspecified atom stereocenters. The van der Waals surface area contributed by atoms with E-state index >= 15 is 0 Å². The van der Waals surface area contributed by atoms with Crippen molar-refractivity contribution in [2.75, 3.05) is 13.2 Å². The molecule has 1 aromatic carbocycles. The first-order valence-electron chi connectivity index (χ1n) is 9.02. The van der Waals surface area contributed by atoms with Gasteiger partial charge in [-0.2, -0.15) is 5.26 Å². The average Bonchev–Trinajstić information content (AvgIpc) is 3.20. The van der Waals surface area contributed by atoms with Gasteiger partial charge in [0.2, 0.25) is 0 Å². The Balaban J connectivity index is 1.96. The lowest BCUT2D eigenvalue weighted by Crippen LogP contribution is -2.43. The second-order valence-electron chi connectivity index (χ2n) is 6.51. The summed E-state index contributed by atoms with van der Waals surface area (Å²) < 4.78 is 5.73. The molecular formula is C21H17N3O6. The summed E-state index contributed by atoms with van der Waals surface area (Å²) in [5, 5.41) is 29.1. The Bertz CT molecular complexity index is 1120. The third kappa shape index (κ3) is 3.90. The predicted molar refractivity (Wildman–Crippen MR) is 106 cm³/mol. The zero-order chi connectivity index (χ0) is 21.8. The molecule has 3 rings (SSSR count). The van der Waals surface area contributed by atoms with Crippen molar-refractivity contribution in [3.05, 3.63) is 69.0 Å². The number of imide groups is 1. The Morgan fingerprint density at radius 2 is 1.90 bits per heavy atom. The van der Waals surface area contributed by atoms with Gasteiger partial charge in [-0.05, 0) is 49.3 Å². The third-order valence-electron chi connectivity index (χ3n) is 4.64. The summed E-state index contributed by atoms with van der Waals surface area (Å²) in [6, 6.07) is 10.9. The highest BCUT2D eigenvalue weighted by molar-refractivity contribution is 6.19. The van der Waals surface area contributed by atoms with E-state index in [2.05, 4.69) is 0 Å². The Labute approximate surface area is 171 Å². The number of carbonyl (C=O) groups excluding carboxylic acids is 2. The summed E-state index contributed by atoms with van der Waals surface area (Å²) in [6.45, 7) is 1.32. The first-order chi connectivity index (χ1) is 14.4. The number of non-ortho nitro benzene ring substituents is 1. The van der Waals surface area contributed by atoms with Crippen LogP contribution in [0.5, 0.6) is 0 Å². The lowest BCUT2D eigenvalue weighted by atomic mass is 9.94. The van der Waals surface area contributed by atoms with Crippen LogP contribution in [-0.4, -0.2) is 39.9 Å². The van der Waals surface area contributed by atoms with E-state index in [1.807, 2.05) is 6.07 Å². The van der Waals surface area contributed by atoms with Gasteiger partial charge < -0.3 is 9.52 Å². The number of nitro groups is 1. The molecule has 2 aromatic rings. The van der Waals surface area contributed by atoms with Crippen LogP contribution in [0.15, 0.2) is 57.5 Å². The Kier molecular flexibility index (Phi) is 5.90. The summed E-state index contributed by atoms with van der Waals surface area (Å²) in [5.74, 6) is -0.495. The standard InChI is InChI=1S/C21H17N3O6/c1-13-17(20(26)23(9-2-10-25)21(27)18(13)12-22)11-16-7-8-19(30-16)14-3-5-15(6-4-14)24(28)29/h3-8,11,25H,2,9-10H2,1H3/b17-11+. The lowest BCUT2D eigenvalue weighted by Gasteiger charge is -2.27. The number of aliphatic hydroxyl groups excluding tert-OH is 1. The molecule has 9 heteroatoms. The van der Waals surface area contributed by atoms with Crippen LogP contribution in [0.1, 0.15) is 19.1 Å². The van der Waals surface area contributed by atoms with Crippen molar-refractivity contribution in [3.8, 4) is 17.4 Å². The van der Waals surface area contributed by atoms with E-state index in [0.29, 0.717) is 17.1 Å². The van der Waals surface area contributed by atoms with Crippen molar-refractivity contribution >= 4 is 23.6 Å². The summed E-state index contributed by atoms with van der Waals surface area (Å²) in [6.07, 6.45) is 1.65. The number of hydrogen-bond acceptors (Lipinski definition) is 7. The number of nitriles is 1. The van der Waals surface area contributed by atoms with Gasteiger partial charge in [-0.1, -0.05) is 0 Å². The molecule has 1 aliphatic rings. The molecule has 152 valence electrons. The molecule has 0 fully saturated rings. The Morgan fingerprint density at radius 1 is 1.20 bits per heavy atom. The number of rotatable bonds is 6. The first-order valence-corrected chi connectivity index (χ1v) is 9.02. The highest BCUT2D eigenvalue weighted by Crippen LogP contribution is 2.29. The van der Waals surface area contributed by atoms with Crippen molar-refractivity contribution in [1.29, 1.82) is 5.26 Å². The molecule has 0 saturated carbocycles. The zero-order valence-electron chi connectivity index (χ0n) is 16.0. The maximum Gasteiger partial charge on any atom is 0.271 e. The first kappa shape index (κ1) is 20.7. The molecule has 30 heavy (non-hydrogen) atoms. The highest BCUT2D eigenvalue weighted by Gasteiger charge is 2.35. The van der Waals surface area contributed by atoms with Gasteiger partial charge in [-0.15, -0.1) is 0 Å². The van der Waals surface area contributed by atoms with E-state index in [-0.39, 0.29) is 42.0 Å². The normalized spacial score (nSPS) is 15.6. The number of amides is 2. The van der Waals surface area contributed by atoms with Crippen LogP contribution < -0.4 is 0 Å². The summed E-state index contributed by atoms with van der Waals surface area (Å²) in [5.41, 5.74) is 0.832. The number of benzene rings is 1. The fourth-order valence-electron chi connectivity index (χ4n) is 3.04. The Hall–Kier alpha value is -4.03. The van der Waals surface area contributed by atoms with Crippen LogP contribution in [0, 0.1) is 21.4 Å². The van der Waals surface area contributed by atoms with E-state index in [4.69, 9.17) is 9.52 Å². The number of hydrogen-bond donors (Lipinski definition) is 1. The SMILES string of the molecule is CC1=C(C#N)C(=O)N(CCCO)C(=O)/C1=C/c1ccc(-c2ccc([N+](=O)[O-])cc2)o1. The number of nitro benzene ring substituents is 1. The van der Waals surface area contributed by atoms with Crippen LogP contribution in [0.3, 0.4) is 0 Å². The van der Waals surface area contributed by atoms with Gasteiger partial charge in [-0.3, -0.25) is 24.6 Å². The van der Waals surface area contributed by atoms with Gasteiger partial charge in [0, 0.05) is 36.4 Å². The van der Waals surface area contributed by atoms with Crippen molar-refractivity contribution < 1.29 is 24.0 Å². The number of aliphatic hydroxyl groups is 1. The summed E-state index contributed by atoms with van der Waals surface area (Å²) in [7, 11) is 0. The molecule has 2 heterocycles. The van der Waals surface area contributed by atoms with Crippen LogP contribution in [0.25, 0.3) is 17.4 Å². The third-order valence-corrected chi connectivity index (χ3v) is 4.64. The van der Waals surface area contributed by atoms with E-state index in [0.717, 1.165) is 4.90 Å². The van der Waals surface area contributed by atoms with Crippen molar-refractivity contribution in [2.45, 2.75) is 13.3 Å². The number of nitrogens with zero attached hydrogens (tertiary/aromatic N) is 3. The van der Waals surface area contributed by atoms with E-state index < -0.39 is 16.7 Å². The topological polar surface area (TPSA) is 138 Å². The monoisotopic (exact) mass is 407 g/mol. The molecule has 0 atom stereocenters. The maximum absolute atomic E-state index is 12.8. The maximum atomic E-state index is 12.8.